The number of carbonyl (C=O) groups is 4. The van der Waals surface area contributed by atoms with Crippen molar-refractivity contribution in [2.45, 2.75) is 159 Å². The molecule has 4 N–H and O–H groups in total. The fourth-order valence-electron chi connectivity index (χ4n) is 9.24. The molecule has 1 aromatic heterocycles. The molecule has 6 rings (SSSR count). The molecule has 0 bridgehead atoms. The minimum atomic E-state index is -4.18. The van der Waals surface area contributed by atoms with Crippen LogP contribution in [0.15, 0.2) is 23.0 Å². The number of likely N-dealkylation sites (tertiary alicyclic amines) is 1. The zero-order chi connectivity index (χ0) is 44.7. The summed E-state index contributed by atoms with van der Waals surface area (Å²) in [5.74, 6) is -3.89. The zero-order valence-electron chi connectivity index (χ0n) is 36.3. The molecule has 61 heavy (non-hydrogen) atoms. The number of carbonyl (C=O) groups excluding carboxylic acids is 4. The maximum atomic E-state index is 14.5. The second-order valence-electron chi connectivity index (χ2n) is 19.2. The van der Waals surface area contributed by atoms with Crippen LogP contribution >= 0.6 is 0 Å². The van der Waals surface area contributed by atoms with E-state index in [-0.39, 0.29) is 23.9 Å². The first kappa shape index (κ1) is 46.2. The van der Waals surface area contributed by atoms with E-state index in [0.717, 1.165) is 38.5 Å². The molecule has 338 valence electrons. The lowest BCUT2D eigenvalue weighted by atomic mass is 9.85. The number of aryl methyl sites for hydroxylation is 1. The highest BCUT2D eigenvalue weighted by atomic mass is 32.2. The first-order valence-electron chi connectivity index (χ1n) is 21.6. The lowest BCUT2D eigenvalue weighted by Crippen LogP contribution is -2.61. The van der Waals surface area contributed by atoms with Gasteiger partial charge in [0.1, 0.15) is 34.7 Å². The second kappa shape index (κ2) is 17.4. The van der Waals surface area contributed by atoms with Gasteiger partial charge in [-0.05, 0) is 107 Å². The van der Waals surface area contributed by atoms with E-state index in [9.17, 15) is 41.2 Å². The largest absolute Gasteiger partial charge is 0.497 e. The number of aromatic amines is 1. The second-order valence-corrected chi connectivity index (χ2v) is 21.4. The highest BCUT2D eigenvalue weighted by Crippen LogP contribution is 2.50. The maximum absolute atomic E-state index is 14.5. The molecule has 1 saturated heterocycles. The lowest BCUT2D eigenvalue weighted by Gasteiger charge is -2.38. The number of rotatable bonds is 17. The van der Waals surface area contributed by atoms with Crippen LogP contribution in [0.4, 0.5) is 13.6 Å². The molecule has 2 aromatic rings. The molecule has 2 heterocycles. The number of methoxy groups -OCH3 is 1. The Morgan fingerprint density at radius 1 is 1.07 bits per heavy atom. The Labute approximate surface area is 356 Å². The summed E-state index contributed by atoms with van der Waals surface area (Å²) in [5.41, 5.74) is -2.24. The number of sulfonamides is 1. The SMILES string of the molecule is CC[C@@H]1CCN(C(=O)[C@@H](NC(=O)O[C@]2(C)CCC[C@H]2CCCCCc2nc3ccc(OC)cc3[nH]c2=O)C(C)(C)C)C1C(=O)N[C@]1(C(=O)NS(=O)(=O)C2(C)CC2)C[C@H]1C(F)F. The Morgan fingerprint density at radius 3 is 2.41 bits per heavy atom. The lowest BCUT2D eigenvalue weighted by molar-refractivity contribution is -0.144. The number of aromatic nitrogens is 2. The number of alkyl carbamates (subject to hydrolysis) is 1. The van der Waals surface area contributed by atoms with Gasteiger partial charge < -0.3 is 30.0 Å². The van der Waals surface area contributed by atoms with Gasteiger partial charge in [0.25, 0.3) is 11.5 Å². The maximum Gasteiger partial charge on any atom is 0.408 e. The number of fused-ring (bicyclic) bond motifs is 1. The summed E-state index contributed by atoms with van der Waals surface area (Å²) >= 11 is 0. The summed E-state index contributed by atoms with van der Waals surface area (Å²) in [6.07, 6.45) is 3.40. The average molecular weight is 877 g/mol. The van der Waals surface area contributed by atoms with Crippen LogP contribution in [0.3, 0.4) is 0 Å². The number of halogens is 2. The van der Waals surface area contributed by atoms with E-state index >= 15 is 0 Å². The van der Waals surface area contributed by atoms with E-state index in [0.29, 0.717) is 61.0 Å². The molecule has 4 fully saturated rings. The third kappa shape index (κ3) is 9.68. The van der Waals surface area contributed by atoms with Crippen LogP contribution in [0.5, 0.6) is 5.75 Å². The Balaban J connectivity index is 1.07. The van der Waals surface area contributed by atoms with E-state index < -0.39 is 86.0 Å². The van der Waals surface area contributed by atoms with Crippen LogP contribution in [-0.4, -0.2) is 95.2 Å². The summed E-state index contributed by atoms with van der Waals surface area (Å²) in [4.78, 5) is 77.2. The van der Waals surface area contributed by atoms with Crippen molar-refractivity contribution in [3.63, 3.8) is 0 Å². The summed E-state index contributed by atoms with van der Waals surface area (Å²) in [7, 11) is -2.62. The highest BCUT2D eigenvalue weighted by molar-refractivity contribution is 7.91. The van der Waals surface area contributed by atoms with Crippen LogP contribution in [0, 0.1) is 23.2 Å². The fraction of sp³-hybridized carbons (Fsp3) is 0.721. The third-order valence-electron chi connectivity index (χ3n) is 13.7. The number of H-pyrrole nitrogens is 1. The van der Waals surface area contributed by atoms with E-state index in [1.54, 1.807) is 40.0 Å². The molecule has 1 unspecified atom stereocenters. The van der Waals surface area contributed by atoms with Gasteiger partial charge in [0.15, 0.2) is 0 Å². The Morgan fingerprint density at radius 2 is 1.79 bits per heavy atom. The number of hydrogen-bond donors (Lipinski definition) is 4. The summed E-state index contributed by atoms with van der Waals surface area (Å²) < 4.78 is 66.1. The van der Waals surface area contributed by atoms with Crippen molar-refractivity contribution < 1.29 is 45.9 Å². The smallest absolute Gasteiger partial charge is 0.408 e. The monoisotopic (exact) mass is 876 g/mol. The molecule has 3 aliphatic carbocycles. The number of alkyl halides is 2. The van der Waals surface area contributed by atoms with Crippen LogP contribution in [-0.2, 0) is 35.6 Å². The molecular weight excluding hydrogens is 815 g/mol. The third-order valence-corrected chi connectivity index (χ3v) is 15.9. The van der Waals surface area contributed by atoms with Gasteiger partial charge in [-0.2, -0.15) is 0 Å². The standard InChI is InChI=1S/C43H62F2N6O9S/c1-8-25-18-22-51(32(25)36(53)49-43(24-28(43)34(44)45)38(55)50-61(57,58)41(5)20-21-41)37(54)33(40(2,3)4)48-39(56)60-42(6)19-12-14-26(42)13-10-9-11-15-30-35(52)47-31-23-27(59-7)16-17-29(31)46-30/h16-17,23,25-26,28,32-34H,8-15,18-22,24H2,1-7H3,(H,47,52)(H,48,56)(H,49,53)(H,50,55)/t25-,26-,28+,32?,33-,42-,43-/m1/s1. The van der Waals surface area contributed by atoms with Gasteiger partial charge in [0.05, 0.1) is 28.8 Å². The highest BCUT2D eigenvalue weighted by Gasteiger charge is 2.67. The van der Waals surface area contributed by atoms with Crippen LogP contribution in [0.1, 0.15) is 124 Å². The minimum Gasteiger partial charge on any atom is -0.497 e. The van der Waals surface area contributed by atoms with Crippen LogP contribution < -0.4 is 25.7 Å². The van der Waals surface area contributed by atoms with E-state index in [1.165, 1.54) is 11.8 Å². The van der Waals surface area contributed by atoms with Gasteiger partial charge in [-0.3, -0.25) is 23.9 Å². The van der Waals surface area contributed by atoms with Gasteiger partial charge in [-0.25, -0.2) is 27.0 Å². The number of nitrogens with one attached hydrogen (secondary N) is 4. The normalized spacial score (nSPS) is 27.4. The van der Waals surface area contributed by atoms with Gasteiger partial charge in [0, 0.05) is 12.6 Å². The Hall–Kier alpha value is -4.35. The van der Waals surface area contributed by atoms with Gasteiger partial charge in [0.2, 0.25) is 28.3 Å². The van der Waals surface area contributed by atoms with Crippen molar-refractivity contribution in [2.24, 2.45) is 23.2 Å². The van der Waals surface area contributed by atoms with Crippen molar-refractivity contribution >= 4 is 44.9 Å². The molecule has 3 saturated carbocycles. The van der Waals surface area contributed by atoms with Crippen LogP contribution in [0.25, 0.3) is 11.0 Å². The first-order valence-corrected chi connectivity index (χ1v) is 23.1. The van der Waals surface area contributed by atoms with Gasteiger partial charge >= 0.3 is 6.09 Å². The number of hydrogen-bond acceptors (Lipinski definition) is 10. The van der Waals surface area contributed by atoms with E-state index in [4.69, 9.17) is 9.47 Å². The molecule has 0 radical (unpaired) electrons. The van der Waals surface area contributed by atoms with E-state index in [1.807, 2.05) is 24.6 Å². The molecule has 1 aliphatic heterocycles. The molecular formula is C43H62F2N6O9S. The molecule has 7 atom stereocenters. The average Bonchev–Trinajstić information content (AvgIpc) is 4.03. The minimum absolute atomic E-state index is 0.0716. The number of unbranched alkanes of at least 4 members (excludes halogenated alkanes) is 2. The molecule has 18 heteroatoms. The molecule has 0 spiro atoms. The van der Waals surface area contributed by atoms with Gasteiger partial charge in [-0.1, -0.05) is 47.0 Å². The predicted molar refractivity (Wildman–Crippen MR) is 223 cm³/mol. The molecule has 1 aromatic carbocycles. The summed E-state index contributed by atoms with van der Waals surface area (Å²) in [5, 5.41) is 5.29. The van der Waals surface area contributed by atoms with E-state index in [2.05, 4.69) is 20.6 Å². The number of benzene rings is 1. The van der Waals surface area contributed by atoms with Crippen molar-refractivity contribution in [3.8, 4) is 5.75 Å². The van der Waals surface area contributed by atoms with Gasteiger partial charge in [-0.15, -0.1) is 0 Å². The summed E-state index contributed by atoms with van der Waals surface area (Å²) in [6.45, 7) is 10.7. The quantitative estimate of drug-likeness (QED) is 0.147. The molecule has 15 nitrogen and oxygen atoms in total. The predicted octanol–water partition coefficient (Wildman–Crippen LogP) is 5.50. The van der Waals surface area contributed by atoms with Crippen LogP contribution in [0.2, 0.25) is 0 Å². The zero-order valence-corrected chi connectivity index (χ0v) is 37.1. The van der Waals surface area contributed by atoms with Crippen molar-refractivity contribution in [2.75, 3.05) is 13.7 Å². The summed E-state index contributed by atoms with van der Waals surface area (Å²) in [6, 6.07) is 3.05. The Bertz CT molecular complexity index is 2180. The first-order chi connectivity index (χ1) is 28.6. The fourth-order valence-corrected chi connectivity index (χ4v) is 10.6. The Kier molecular flexibility index (Phi) is 13.2. The number of ether oxygens (including phenoxy) is 2. The topological polar surface area (TPSA) is 206 Å². The molecule has 4 aliphatic rings. The number of nitrogens with zero attached hydrogens (tertiary/aromatic N) is 2. The van der Waals surface area contributed by atoms with Crippen molar-refractivity contribution in [3.05, 3.63) is 34.2 Å². The number of amides is 4. The van der Waals surface area contributed by atoms with Crippen molar-refractivity contribution in [1.82, 2.24) is 30.2 Å². The molecule has 4 amide bonds. The van der Waals surface area contributed by atoms with Crippen molar-refractivity contribution in [1.29, 1.82) is 0 Å².